The molecule has 14 heavy (non-hydrogen) atoms. The van der Waals surface area contributed by atoms with Crippen LogP contribution >= 0.6 is 11.6 Å². The monoisotopic (exact) mass is 220 g/mol. The Morgan fingerprint density at radius 3 is 2.50 bits per heavy atom. The summed E-state index contributed by atoms with van der Waals surface area (Å²) >= 11 is 5.54. The number of halogens is 4. The van der Waals surface area contributed by atoms with E-state index in [1.165, 1.54) is 6.19 Å². The lowest BCUT2D eigenvalue weighted by atomic mass is 10.2. The summed E-state index contributed by atoms with van der Waals surface area (Å²) in [5, 5.41) is 10.4. The third-order valence-corrected chi connectivity index (χ3v) is 1.81. The lowest BCUT2D eigenvalue weighted by Crippen LogP contribution is -2.05. The number of nitrogens with one attached hydrogen (secondary N) is 1. The van der Waals surface area contributed by atoms with E-state index in [9.17, 15) is 13.2 Å². The van der Waals surface area contributed by atoms with Crippen LogP contribution in [-0.2, 0) is 6.18 Å². The molecule has 1 N–H and O–H groups in total. The van der Waals surface area contributed by atoms with E-state index >= 15 is 0 Å². The highest BCUT2D eigenvalue weighted by atomic mass is 35.5. The summed E-state index contributed by atoms with van der Waals surface area (Å²) in [7, 11) is 0. The predicted octanol–water partition coefficient (Wildman–Crippen LogP) is 3.25. The summed E-state index contributed by atoms with van der Waals surface area (Å²) in [6.45, 7) is 0. The summed E-state index contributed by atoms with van der Waals surface area (Å²) in [4.78, 5) is 0. The van der Waals surface area contributed by atoms with Crippen LogP contribution in [0.1, 0.15) is 5.56 Å². The van der Waals surface area contributed by atoms with Gasteiger partial charge in [0.1, 0.15) is 0 Å². The molecule has 74 valence electrons. The third-order valence-electron chi connectivity index (χ3n) is 1.48. The van der Waals surface area contributed by atoms with E-state index < -0.39 is 11.7 Å². The average Bonchev–Trinajstić information content (AvgIpc) is 2.07. The minimum absolute atomic E-state index is 0.0519. The maximum Gasteiger partial charge on any atom is 0.416 e. The van der Waals surface area contributed by atoms with Gasteiger partial charge in [0.2, 0.25) is 0 Å². The molecule has 0 aliphatic carbocycles. The zero-order chi connectivity index (χ0) is 10.8. The Morgan fingerprint density at radius 2 is 2.00 bits per heavy atom. The molecule has 1 aromatic carbocycles. The second kappa shape index (κ2) is 3.76. The zero-order valence-electron chi connectivity index (χ0n) is 6.69. The average molecular weight is 221 g/mol. The van der Waals surface area contributed by atoms with Gasteiger partial charge in [-0.2, -0.15) is 18.4 Å². The molecule has 0 atom stereocenters. The highest BCUT2D eigenvalue weighted by molar-refractivity contribution is 6.33. The SMILES string of the molecule is N#CNc1cc(C(F)(F)F)ccc1Cl. The van der Waals surface area contributed by atoms with Crippen LogP contribution in [0.5, 0.6) is 0 Å². The van der Waals surface area contributed by atoms with Crippen LogP contribution < -0.4 is 5.32 Å². The maximum atomic E-state index is 12.2. The lowest BCUT2D eigenvalue weighted by molar-refractivity contribution is -0.137. The van der Waals surface area contributed by atoms with E-state index in [2.05, 4.69) is 5.32 Å². The molecule has 0 aliphatic heterocycles. The van der Waals surface area contributed by atoms with Crippen LogP contribution in [0.3, 0.4) is 0 Å². The number of anilines is 1. The van der Waals surface area contributed by atoms with E-state index in [1.54, 1.807) is 0 Å². The summed E-state index contributed by atoms with van der Waals surface area (Å²) in [6.07, 6.45) is -2.93. The fourth-order valence-corrected chi connectivity index (χ4v) is 1.02. The molecular weight excluding hydrogens is 217 g/mol. The molecule has 0 bridgehead atoms. The highest BCUT2D eigenvalue weighted by Crippen LogP contribution is 2.33. The fourth-order valence-electron chi connectivity index (χ4n) is 0.858. The normalized spacial score (nSPS) is 10.8. The Hall–Kier alpha value is -1.41. The Kier molecular flexibility index (Phi) is 2.87. The molecular formula is C8H4ClF3N2. The van der Waals surface area contributed by atoms with E-state index in [0.29, 0.717) is 0 Å². The standard InChI is InChI=1S/C8H4ClF3N2/c9-6-2-1-5(8(10,11)12)3-7(6)14-4-13/h1-3,14H. The Labute approximate surface area is 82.9 Å². The molecule has 1 aromatic rings. The van der Waals surface area contributed by atoms with Gasteiger partial charge in [-0.05, 0) is 18.2 Å². The van der Waals surface area contributed by atoms with Crippen molar-refractivity contribution in [3.8, 4) is 6.19 Å². The molecule has 0 fully saturated rings. The number of hydrogen-bond acceptors (Lipinski definition) is 2. The second-order valence-corrected chi connectivity index (χ2v) is 2.84. The molecule has 1 rings (SSSR count). The van der Waals surface area contributed by atoms with Gasteiger partial charge in [-0.3, -0.25) is 5.32 Å². The first-order chi connectivity index (χ1) is 6.45. The number of nitrogens with zero attached hydrogens (tertiary/aromatic N) is 1. The molecule has 0 unspecified atom stereocenters. The second-order valence-electron chi connectivity index (χ2n) is 2.43. The van der Waals surface area contributed by atoms with Crippen LogP contribution in [0.25, 0.3) is 0 Å². The Morgan fingerprint density at radius 1 is 1.36 bits per heavy atom. The van der Waals surface area contributed by atoms with E-state index in [0.717, 1.165) is 18.2 Å². The van der Waals surface area contributed by atoms with Crippen LogP contribution in [0.2, 0.25) is 5.02 Å². The van der Waals surface area contributed by atoms with Gasteiger partial charge in [-0.15, -0.1) is 0 Å². The molecule has 0 saturated carbocycles. The van der Waals surface area contributed by atoms with Crippen molar-refractivity contribution in [2.24, 2.45) is 0 Å². The first-order valence-electron chi connectivity index (χ1n) is 3.47. The van der Waals surface area contributed by atoms with Crippen LogP contribution in [-0.4, -0.2) is 0 Å². The molecule has 2 nitrogen and oxygen atoms in total. The smallest absolute Gasteiger partial charge is 0.291 e. The molecule has 0 saturated heterocycles. The zero-order valence-corrected chi connectivity index (χ0v) is 7.45. The van der Waals surface area contributed by atoms with Crippen molar-refractivity contribution in [1.82, 2.24) is 0 Å². The van der Waals surface area contributed by atoms with E-state index in [4.69, 9.17) is 16.9 Å². The number of benzene rings is 1. The van der Waals surface area contributed by atoms with Crippen molar-refractivity contribution in [2.75, 3.05) is 5.32 Å². The van der Waals surface area contributed by atoms with Gasteiger partial charge in [0, 0.05) is 0 Å². The summed E-state index contributed by atoms with van der Waals surface area (Å²) in [5.41, 5.74) is -0.899. The molecule has 6 heteroatoms. The summed E-state index contributed by atoms with van der Waals surface area (Å²) in [6, 6.07) is 2.72. The minimum atomic E-state index is -4.43. The molecule has 0 aliphatic rings. The third kappa shape index (κ3) is 2.30. The molecule has 0 spiro atoms. The predicted molar refractivity (Wildman–Crippen MR) is 45.7 cm³/mol. The molecule has 0 radical (unpaired) electrons. The van der Waals surface area contributed by atoms with E-state index in [1.807, 2.05) is 0 Å². The number of rotatable bonds is 1. The van der Waals surface area contributed by atoms with Gasteiger partial charge in [-0.1, -0.05) is 11.6 Å². The van der Waals surface area contributed by atoms with Gasteiger partial charge < -0.3 is 0 Å². The van der Waals surface area contributed by atoms with Gasteiger partial charge in [0.25, 0.3) is 0 Å². The fraction of sp³-hybridized carbons (Fsp3) is 0.125. The van der Waals surface area contributed by atoms with Crippen molar-refractivity contribution in [2.45, 2.75) is 6.18 Å². The molecule has 0 heterocycles. The lowest BCUT2D eigenvalue weighted by Gasteiger charge is -2.08. The van der Waals surface area contributed by atoms with Gasteiger partial charge in [0.15, 0.2) is 6.19 Å². The Balaban J connectivity index is 3.14. The quantitative estimate of drug-likeness (QED) is 0.583. The van der Waals surface area contributed by atoms with Crippen molar-refractivity contribution < 1.29 is 13.2 Å². The highest BCUT2D eigenvalue weighted by Gasteiger charge is 2.30. The van der Waals surface area contributed by atoms with Crippen LogP contribution in [0.4, 0.5) is 18.9 Å². The van der Waals surface area contributed by atoms with Crippen LogP contribution in [0.15, 0.2) is 18.2 Å². The van der Waals surface area contributed by atoms with Crippen molar-refractivity contribution in [3.05, 3.63) is 28.8 Å². The van der Waals surface area contributed by atoms with Gasteiger partial charge in [0.05, 0.1) is 16.3 Å². The Bertz CT molecular complexity index is 381. The number of alkyl halides is 3. The van der Waals surface area contributed by atoms with Crippen molar-refractivity contribution in [3.63, 3.8) is 0 Å². The van der Waals surface area contributed by atoms with Crippen molar-refractivity contribution >= 4 is 17.3 Å². The largest absolute Gasteiger partial charge is 0.416 e. The topological polar surface area (TPSA) is 35.8 Å². The van der Waals surface area contributed by atoms with E-state index in [-0.39, 0.29) is 10.7 Å². The summed E-state index contributed by atoms with van der Waals surface area (Å²) < 4.78 is 36.6. The molecule has 0 aromatic heterocycles. The first-order valence-corrected chi connectivity index (χ1v) is 3.85. The van der Waals surface area contributed by atoms with Gasteiger partial charge in [-0.25, -0.2) is 0 Å². The summed E-state index contributed by atoms with van der Waals surface area (Å²) in [5.74, 6) is 0. The van der Waals surface area contributed by atoms with Gasteiger partial charge >= 0.3 is 6.18 Å². The van der Waals surface area contributed by atoms with Crippen LogP contribution in [0, 0.1) is 11.5 Å². The number of hydrogen-bond donors (Lipinski definition) is 1. The van der Waals surface area contributed by atoms with Crippen molar-refractivity contribution in [1.29, 1.82) is 5.26 Å². The first kappa shape index (κ1) is 10.7. The number of nitriles is 1. The minimum Gasteiger partial charge on any atom is -0.291 e. The maximum absolute atomic E-state index is 12.2. The molecule has 0 amide bonds.